The van der Waals surface area contributed by atoms with Gasteiger partial charge in [0.15, 0.2) is 9.90 Å². The summed E-state index contributed by atoms with van der Waals surface area (Å²) >= 11 is 0.842. The lowest BCUT2D eigenvalue weighted by molar-refractivity contribution is 0.0590. The van der Waals surface area contributed by atoms with Crippen molar-refractivity contribution in [3.05, 3.63) is 23.6 Å². The number of hydrogen-bond acceptors (Lipinski definition) is 7. The summed E-state index contributed by atoms with van der Waals surface area (Å²) in [4.78, 5) is 15.2. The van der Waals surface area contributed by atoms with Gasteiger partial charge in [-0.3, -0.25) is 9.40 Å². The van der Waals surface area contributed by atoms with E-state index in [1.807, 2.05) is 6.92 Å². The Morgan fingerprint density at radius 1 is 1.55 bits per heavy atom. The second-order valence-electron chi connectivity index (χ2n) is 3.67. The number of hydrogen-bond donors (Lipinski definition) is 1. The normalized spacial score (nSPS) is 11.3. The number of nitrogens with zero attached hydrogens (tertiary/aromatic N) is 3. The summed E-state index contributed by atoms with van der Waals surface area (Å²) in [5.74, 6) is -0.795. The van der Waals surface area contributed by atoms with E-state index in [0.717, 1.165) is 18.4 Å². The highest BCUT2D eigenvalue weighted by atomic mass is 32.2. The first-order valence-electron chi connectivity index (χ1n) is 5.55. The lowest BCUT2D eigenvalue weighted by atomic mass is 10.5. The van der Waals surface area contributed by atoms with Gasteiger partial charge in [0.25, 0.3) is 10.0 Å². The van der Waals surface area contributed by atoms with Gasteiger partial charge in [-0.1, -0.05) is 0 Å². The standard InChI is InChI=1S/C10H12N4O4S2/c1-3-14-5-7(4-12-14)13-20(16,17)10-8(9(15)18-2)11-6-19-10/h4-6,13H,3H2,1-2H3. The van der Waals surface area contributed by atoms with Crippen LogP contribution in [0, 0.1) is 0 Å². The van der Waals surface area contributed by atoms with Crippen molar-refractivity contribution in [2.24, 2.45) is 0 Å². The molecule has 8 nitrogen and oxygen atoms in total. The van der Waals surface area contributed by atoms with Crippen molar-refractivity contribution in [1.82, 2.24) is 14.8 Å². The molecule has 108 valence electrons. The van der Waals surface area contributed by atoms with E-state index >= 15 is 0 Å². The third-order valence-electron chi connectivity index (χ3n) is 2.37. The molecule has 0 unspecified atom stereocenters. The first kappa shape index (κ1) is 14.5. The molecule has 2 aromatic rings. The average molecular weight is 316 g/mol. The van der Waals surface area contributed by atoms with Gasteiger partial charge >= 0.3 is 5.97 Å². The number of aryl methyl sites for hydroxylation is 1. The van der Waals surface area contributed by atoms with Gasteiger partial charge in [0.2, 0.25) is 0 Å². The first-order valence-corrected chi connectivity index (χ1v) is 7.91. The molecule has 2 rings (SSSR count). The monoisotopic (exact) mass is 316 g/mol. The average Bonchev–Trinajstić information content (AvgIpc) is 3.05. The predicted molar refractivity (Wildman–Crippen MR) is 72.2 cm³/mol. The molecule has 0 saturated heterocycles. The Hall–Kier alpha value is -1.94. The second-order valence-corrected chi connectivity index (χ2v) is 6.40. The first-order chi connectivity index (χ1) is 9.47. The van der Waals surface area contributed by atoms with Crippen molar-refractivity contribution < 1.29 is 17.9 Å². The molecule has 1 N–H and O–H groups in total. The number of nitrogens with one attached hydrogen (secondary N) is 1. The zero-order valence-corrected chi connectivity index (χ0v) is 12.4. The highest BCUT2D eigenvalue weighted by molar-refractivity contribution is 7.94. The molecule has 0 fully saturated rings. The molecule has 0 saturated carbocycles. The Labute approximate surface area is 119 Å². The number of carbonyl (C=O) groups excluding carboxylic acids is 1. The van der Waals surface area contributed by atoms with Crippen molar-refractivity contribution >= 4 is 33.0 Å². The van der Waals surface area contributed by atoms with E-state index in [9.17, 15) is 13.2 Å². The third-order valence-corrected chi connectivity index (χ3v) is 5.12. The van der Waals surface area contributed by atoms with Crippen molar-refractivity contribution in [3.8, 4) is 0 Å². The minimum Gasteiger partial charge on any atom is -0.464 e. The number of thiazole rings is 1. The number of aromatic nitrogens is 3. The number of ether oxygens (including phenoxy) is 1. The summed E-state index contributed by atoms with van der Waals surface area (Å²) in [6, 6.07) is 0. The maximum atomic E-state index is 12.2. The zero-order chi connectivity index (χ0) is 14.8. The van der Waals surface area contributed by atoms with Gasteiger partial charge in [-0.2, -0.15) is 5.10 Å². The van der Waals surface area contributed by atoms with E-state index < -0.39 is 16.0 Å². The maximum absolute atomic E-state index is 12.2. The van der Waals surface area contributed by atoms with Crippen LogP contribution in [0.1, 0.15) is 17.4 Å². The molecule has 0 aliphatic heterocycles. The van der Waals surface area contributed by atoms with Crippen molar-refractivity contribution in [2.75, 3.05) is 11.8 Å². The smallest absolute Gasteiger partial charge is 0.358 e. The largest absolute Gasteiger partial charge is 0.464 e. The van der Waals surface area contributed by atoms with Crippen molar-refractivity contribution in [2.45, 2.75) is 17.7 Å². The van der Waals surface area contributed by atoms with E-state index in [-0.39, 0.29) is 9.90 Å². The molecule has 0 bridgehead atoms. The van der Waals surface area contributed by atoms with Gasteiger partial charge in [-0.05, 0) is 6.92 Å². The fourth-order valence-corrected chi connectivity index (χ4v) is 3.61. The fraction of sp³-hybridized carbons (Fsp3) is 0.300. The van der Waals surface area contributed by atoms with Gasteiger partial charge < -0.3 is 4.74 Å². The third kappa shape index (κ3) is 2.80. The molecule has 2 aromatic heterocycles. The van der Waals surface area contributed by atoms with Crippen molar-refractivity contribution in [3.63, 3.8) is 0 Å². The molecule has 0 atom stereocenters. The number of esters is 1. The van der Waals surface area contributed by atoms with Crippen LogP contribution in [-0.2, 0) is 21.3 Å². The molecule has 0 aromatic carbocycles. The zero-order valence-electron chi connectivity index (χ0n) is 10.7. The highest BCUT2D eigenvalue weighted by Gasteiger charge is 2.26. The van der Waals surface area contributed by atoms with Gasteiger partial charge in [0.05, 0.1) is 24.5 Å². The van der Waals surface area contributed by atoms with Crippen LogP contribution in [0.15, 0.2) is 22.1 Å². The van der Waals surface area contributed by atoms with Crippen LogP contribution in [0.25, 0.3) is 0 Å². The summed E-state index contributed by atoms with van der Waals surface area (Å²) in [6.07, 6.45) is 2.94. The van der Waals surface area contributed by atoms with Crippen LogP contribution in [0.3, 0.4) is 0 Å². The fourth-order valence-electron chi connectivity index (χ4n) is 1.45. The summed E-state index contributed by atoms with van der Waals surface area (Å²) < 4.78 is 32.7. The molecule has 20 heavy (non-hydrogen) atoms. The van der Waals surface area contributed by atoms with Gasteiger partial charge in [0, 0.05) is 12.7 Å². The Bertz CT molecular complexity index is 719. The molecule has 0 aliphatic rings. The lowest BCUT2D eigenvalue weighted by Gasteiger charge is -2.04. The number of sulfonamides is 1. The van der Waals surface area contributed by atoms with Crippen molar-refractivity contribution in [1.29, 1.82) is 0 Å². The molecule has 0 spiro atoms. The van der Waals surface area contributed by atoms with Gasteiger partial charge in [-0.15, -0.1) is 11.3 Å². The van der Waals surface area contributed by atoms with Crippen LogP contribution in [-0.4, -0.2) is 36.3 Å². The number of rotatable bonds is 5. The predicted octanol–water partition coefficient (Wildman–Crippen LogP) is 0.947. The quantitative estimate of drug-likeness (QED) is 0.824. The topological polar surface area (TPSA) is 103 Å². The molecule has 10 heteroatoms. The van der Waals surface area contributed by atoms with E-state index in [1.54, 1.807) is 10.9 Å². The van der Waals surface area contributed by atoms with Gasteiger partial charge in [0.1, 0.15) is 0 Å². The lowest BCUT2D eigenvalue weighted by Crippen LogP contribution is -2.15. The second kappa shape index (κ2) is 5.59. The summed E-state index contributed by atoms with van der Waals surface area (Å²) in [5.41, 5.74) is 1.36. The van der Waals surface area contributed by atoms with Gasteiger partial charge in [-0.25, -0.2) is 18.2 Å². The Balaban J connectivity index is 2.31. The van der Waals surface area contributed by atoms with Crippen LogP contribution in [0.2, 0.25) is 0 Å². The summed E-state index contributed by atoms with van der Waals surface area (Å²) in [7, 11) is -2.74. The van der Waals surface area contributed by atoms with E-state index in [0.29, 0.717) is 12.2 Å². The van der Waals surface area contributed by atoms with Crippen LogP contribution >= 0.6 is 11.3 Å². The van der Waals surface area contributed by atoms with Crippen LogP contribution in [0.5, 0.6) is 0 Å². The van der Waals surface area contributed by atoms with E-state index in [1.165, 1.54) is 11.7 Å². The highest BCUT2D eigenvalue weighted by Crippen LogP contribution is 2.23. The van der Waals surface area contributed by atoms with Crippen LogP contribution < -0.4 is 4.72 Å². The molecular formula is C10H12N4O4S2. The minimum absolute atomic E-state index is 0.186. The molecular weight excluding hydrogens is 304 g/mol. The number of methoxy groups -OCH3 is 1. The molecule has 0 aliphatic carbocycles. The number of carbonyl (C=O) groups is 1. The van der Waals surface area contributed by atoms with Crippen LogP contribution in [0.4, 0.5) is 5.69 Å². The Morgan fingerprint density at radius 2 is 2.30 bits per heavy atom. The molecule has 2 heterocycles. The molecule has 0 amide bonds. The Kier molecular flexibility index (Phi) is 4.04. The maximum Gasteiger partial charge on any atom is 0.358 e. The SMILES string of the molecule is CCn1cc(NS(=O)(=O)c2scnc2C(=O)OC)cn1. The molecule has 0 radical (unpaired) electrons. The Morgan fingerprint density at radius 3 is 2.90 bits per heavy atom. The summed E-state index contributed by atoms with van der Waals surface area (Å²) in [5, 5.41) is 3.96. The number of anilines is 1. The van der Waals surface area contributed by atoms with E-state index in [2.05, 4.69) is 19.5 Å². The summed E-state index contributed by atoms with van der Waals surface area (Å²) in [6.45, 7) is 2.50. The minimum atomic E-state index is -3.90. The van der Waals surface area contributed by atoms with E-state index in [4.69, 9.17) is 0 Å².